The fourth-order valence-electron chi connectivity index (χ4n) is 4.17. The first-order valence-corrected chi connectivity index (χ1v) is 11.7. The second-order valence-electron chi connectivity index (χ2n) is 8.70. The first-order valence-electron chi connectivity index (χ1n) is 10.8. The van der Waals surface area contributed by atoms with Gasteiger partial charge in [-0.25, -0.2) is 19.2 Å². The van der Waals surface area contributed by atoms with E-state index in [0.717, 1.165) is 11.1 Å². The van der Waals surface area contributed by atoms with Gasteiger partial charge in [0.2, 0.25) is 0 Å². The fourth-order valence-corrected chi connectivity index (χ4v) is 4.74. The number of ether oxygens (including phenoxy) is 1. The Labute approximate surface area is 204 Å². The van der Waals surface area contributed by atoms with Gasteiger partial charge >= 0.3 is 5.97 Å². The molecule has 0 radical (unpaired) electrons. The van der Waals surface area contributed by atoms with E-state index in [0.29, 0.717) is 34.1 Å². The first kappa shape index (κ1) is 22.7. The van der Waals surface area contributed by atoms with Crippen LogP contribution >= 0.6 is 11.3 Å². The highest BCUT2D eigenvalue weighted by molar-refractivity contribution is 7.07. The molecule has 1 atom stereocenters. The van der Waals surface area contributed by atoms with Gasteiger partial charge in [0, 0.05) is 34.7 Å². The number of nitrogens with zero attached hydrogens (tertiary/aromatic N) is 2. The van der Waals surface area contributed by atoms with Gasteiger partial charge in [-0.05, 0) is 50.3 Å². The number of carbonyl (C=O) groups excluding carboxylic acids is 1. The summed E-state index contributed by atoms with van der Waals surface area (Å²) < 4.78 is 19.7. The number of aromatic nitrogens is 2. The summed E-state index contributed by atoms with van der Waals surface area (Å²) in [6.45, 7) is 3.76. The van der Waals surface area contributed by atoms with Gasteiger partial charge in [-0.1, -0.05) is 0 Å². The third-order valence-electron chi connectivity index (χ3n) is 5.85. The molecule has 2 aliphatic heterocycles. The van der Waals surface area contributed by atoms with Crippen LogP contribution in [0.5, 0.6) is 0 Å². The molecule has 0 bridgehead atoms. The molecule has 4 heterocycles. The van der Waals surface area contributed by atoms with Crippen molar-refractivity contribution in [1.29, 1.82) is 0 Å². The number of carboxylic acids is 1. The second-order valence-corrected chi connectivity index (χ2v) is 9.42. The highest BCUT2D eigenvalue weighted by atomic mass is 32.1. The molecule has 178 valence electrons. The maximum atomic E-state index is 13.6. The van der Waals surface area contributed by atoms with Crippen molar-refractivity contribution in [2.75, 3.05) is 10.6 Å². The van der Waals surface area contributed by atoms with Crippen molar-refractivity contribution >= 4 is 45.9 Å². The Hall–Kier alpha value is -4.05. The third-order valence-corrected chi connectivity index (χ3v) is 6.49. The molecule has 0 saturated carbocycles. The summed E-state index contributed by atoms with van der Waals surface area (Å²) in [5.41, 5.74) is 4.51. The molecule has 8 nitrogen and oxygen atoms in total. The first-order chi connectivity index (χ1) is 16.7. The minimum absolute atomic E-state index is 0.235. The van der Waals surface area contributed by atoms with Crippen molar-refractivity contribution in [3.63, 3.8) is 0 Å². The van der Waals surface area contributed by atoms with E-state index in [2.05, 4.69) is 20.6 Å². The molecule has 0 saturated heterocycles. The van der Waals surface area contributed by atoms with Gasteiger partial charge in [-0.15, -0.1) is 11.3 Å². The highest BCUT2D eigenvalue weighted by Gasteiger charge is 2.38. The number of carboxylic acid groups (broad SMARTS) is 1. The number of nitrogens with one attached hydrogen (secondary N) is 2. The van der Waals surface area contributed by atoms with Crippen LogP contribution < -0.4 is 10.6 Å². The van der Waals surface area contributed by atoms with Crippen molar-refractivity contribution in [3.05, 3.63) is 81.9 Å². The number of thiazole rings is 1. The molecular formula is C25H21FN4O4S. The Morgan fingerprint density at radius 2 is 2.11 bits per heavy atom. The molecule has 5 rings (SSSR count). The number of amides is 1. The molecule has 3 aromatic rings. The average molecular weight is 493 g/mol. The molecule has 35 heavy (non-hydrogen) atoms. The Morgan fingerprint density at radius 3 is 2.80 bits per heavy atom. The van der Waals surface area contributed by atoms with E-state index in [1.165, 1.54) is 23.5 Å². The van der Waals surface area contributed by atoms with Crippen molar-refractivity contribution in [2.24, 2.45) is 0 Å². The maximum Gasteiger partial charge on any atom is 0.326 e. The van der Waals surface area contributed by atoms with E-state index in [9.17, 15) is 19.1 Å². The molecule has 0 aliphatic carbocycles. The smallest absolute Gasteiger partial charge is 0.326 e. The van der Waals surface area contributed by atoms with Crippen LogP contribution in [0.15, 0.2) is 59.3 Å². The third kappa shape index (κ3) is 4.40. The lowest BCUT2D eigenvalue weighted by atomic mass is 9.93. The number of anilines is 2. The molecular weight excluding hydrogens is 471 g/mol. The van der Waals surface area contributed by atoms with Gasteiger partial charge in [-0.2, -0.15) is 0 Å². The standard InChI is InChI=1S/C25H21FN4O4S/c1-25(2)17(9-20(34-25)22-16-5-4-14(26)7-18(16)30-23(22)31)13-3-6-21(27-10-13)29-19(24(32)33)8-15-11-35-12-28-15/h3-7,9-12,19H,8H2,1-2H3,(H,27,29)(H,30,31)(H,32,33)/t19-/m0/s1. The number of rotatable bonds is 6. The normalized spacial score (nSPS) is 18.9. The number of aliphatic carboxylic acids is 1. The van der Waals surface area contributed by atoms with Crippen LogP contribution in [0, 0.1) is 5.82 Å². The minimum Gasteiger partial charge on any atom is -0.482 e. The quantitative estimate of drug-likeness (QED) is 0.439. The lowest BCUT2D eigenvalue weighted by molar-refractivity contribution is -0.137. The van der Waals surface area contributed by atoms with Crippen molar-refractivity contribution in [3.8, 4) is 0 Å². The summed E-state index contributed by atoms with van der Waals surface area (Å²) >= 11 is 1.41. The predicted octanol–water partition coefficient (Wildman–Crippen LogP) is 4.34. The zero-order chi connectivity index (χ0) is 24.7. The van der Waals surface area contributed by atoms with E-state index in [4.69, 9.17) is 4.74 Å². The summed E-state index contributed by atoms with van der Waals surface area (Å²) in [7, 11) is 0. The maximum absolute atomic E-state index is 13.6. The molecule has 2 aromatic heterocycles. The lowest BCUT2D eigenvalue weighted by Gasteiger charge is -2.23. The van der Waals surface area contributed by atoms with Gasteiger partial charge < -0.3 is 20.5 Å². The summed E-state index contributed by atoms with van der Waals surface area (Å²) in [6.07, 6.45) is 3.66. The molecule has 0 unspecified atom stereocenters. The summed E-state index contributed by atoms with van der Waals surface area (Å²) in [5, 5.41) is 17.0. The number of benzene rings is 1. The number of allylic oxidation sites excluding steroid dienone is 1. The summed E-state index contributed by atoms with van der Waals surface area (Å²) in [6, 6.07) is 6.79. The van der Waals surface area contributed by atoms with Crippen LogP contribution in [-0.2, 0) is 20.7 Å². The molecule has 0 spiro atoms. The van der Waals surface area contributed by atoms with Crippen LogP contribution in [0.1, 0.15) is 30.7 Å². The summed E-state index contributed by atoms with van der Waals surface area (Å²) in [5.74, 6) is -0.979. The van der Waals surface area contributed by atoms with Crippen molar-refractivity contribution in [2.45, 2.75) is 31.9 Å². The van der Waals surface area contributed by atoms with Crippen molar-refractivity contribution in [1.82, 2.24) is 9.97 Å². The van der Waals surface area contributed by atoms with Crippen LogP contribution in [0.2, 0.25) is 0 Å². The topological polar surface area (TPSA) is 113 Å². The molecule has 1 aromatic carbocycles. The van der Waals surface area contributed by atoms with Gasteiger partial charge in [0.05, 0.1) is 22.5 Å². The highest BCUT2D eigenvalue weighted by Crippen LogP contribution is 2.44. The number of pyridine rings is 1. The van der Waals surface area contributed by atoms with Crippen LogP contribution in [0.3, 0.4) is 0 Å². The van der Waals surface area contributed by atoms with Gasteiger partial charge in [0.15, 0.2) is 0 Å². The van der Waals surface area contributed by atoms with E-state index in [1.54, 1.807) is 29.9 Å². The van der Waals surface area contributed by atoms with Gasteiger partial charge in [0.1, 0.15) is 29.0 Å². The minimum atomic E-state index is -0.997. The Balaban J connectivity index is 1.42. The van der Waals surface area contributed by atoms with Crippen molar-refractivity contribution < 1.29 is 23.8 Å². The largest absolute Gasteiger partial charge is 0.482 e. The monoisotopic (exact) mass is 492 g/mol. The van der Waals surface area contributed by atoms with Gasteiger partial charge in [0.25, 0.3) is 5.91 Å². The zero-order valence-electron chi connectivity index (χ0n) is 18.8. The van der Waals surface area contributed by atoms with E-state index in [1.807, 2.05) is 25.3 Å². The number of hydrogen-bond acceptors (Lipinski definition) is 7. The predicted molar refractivity (Wildman–Crippen MR) is 130 cm³/mol. The van der Waals surface area contributed by atoms with Crippen LogP contribution in [0.25, 0.3) is 11.1 Å². The Bertz CT molecular complexity index is 1380. The molecule has 2 aliphatic rings. The number of hydrogen-bond donors (Lipinski definition) is 3. The molecule has 3 N–H and O–H groups in total. The fraction of sp³-hybridized carbons (Fsp3) is 0.200. The van der Waals surface area contributed by atoms with E-state index < -0.39 is 23.4 Å². The SMILES string of the molecule is CC1(C)OC(=C2C(=O)Nc3cc(F)ccc32)C=C1c1ccc(N[C@@H](Cc2cscn2)C(=O)O)nc1. The molecule has 1 amide bonds. The molecule has 10 heteroatoms. The Morgan fingerprint density at radius 1 is 1.29 bits per heavy atom. The number of fused-ring (bicyclic) bond motifs is 1. The lowest BCUT2D eigenvalue weighted by Crippen LogP contribution is -2.32. The average Bonchev–Trinajstić information content (AvgIpc) is 3.50. The Kier molecular flexibility index (Phi) is 5.60. The number of halogens is 1. The van der Waals surface area contributed by atoms with E-state index in [-0.39, 0.29) is 12.3 Å². The molecule has 0 fully saturated rings. The van der Waals surface area contributed by atoms with Crippen LogP contribution in [-0.4, -0.2) is 38.6 Å². The summed E-state index contributed by atoms with van der Waals surface area (Å²) in [4.78, 5) is 32.9. The van der Waals surface area contributed by atoms with Gasteiger partial charge in [-0.3, -0.25) is 4.79 Å². The zero-order valence-corrected chi connectivity index (χ0v) is 19.6. The number of carbonyl (C=O) groups is 2. The second kappa shape index (κ2) is 8.62. The van der Waals surface area contributed by atoms with Crippen LogP contribution in [0.4, 0.5) is 15.9 Å². The van der Waals surface area contributed by atoms with E-state index >= 15 is 0 Å².